The molecule has 1 heterocycles. The molecule has 0 atom stereocenters. The van der Waals surface area contributed by atoms with Gasteiger partial charge in [-0.05, 0) is 45.6 Å². The van der Waals surface area contributed by atoms with Gasteiger partial charge in [0.15, 0.2) is 0 Å². The number of nitrogens with one attached hydrogen (secondary N) is 2. The van der Waals surface area contributed by atoms with Crippen molar-refractivity contribution in [3.63, 3.8) is 0 Å². The van der Waals surface area contributed by atoms with Crippen molar-refractivity contribution in [2.75, 3.05) is 12.4 Å². The predicted octanol–water partition coefficient (Wildman–Crippen LogP) is 2.36. The highest BCUT2D eigenvalue weighted by Crippen LogP contribution is 2.39. The molecule has 94 valence electrons. The van der Waals surface area contributed by atoms with Gasteiger partial charge in [-0.1, -0.05) is 0 Å². The summed E-state index contributed by atoms with van der Waals surface area (Å²) in [6, 6.07) is 1.31. The molecule has 17 heavy (non-hydrogen) atoms. The van der Waals surface area contributed by atoms with Crippen LogP contribution < -0.4 is 10.6 Å². The van der Waals surface area contributed by atoms with Crippen LogP contribution in [0.4, 0.5) is 5.13 Å². The summed E-state index contributed by atoms with van der Waals surface area (Å²) in [7, 11) is 2.06. The predicted molar refractivity (Wildman–Crippen MR) is 70.6 cm³/mol. The Hall–Kier alpha value is -0.680. The minimum absolute atomic E-state index is 0.597. The summed E-state index contributed by atoms with van der Waals surface area (Å²) in [5.74, 6) is 1.74. The highest BCUT2D eigenvalue weighted by Gasteiger charge is 2.28. The van der Waals surface area contributed by atoms with Crippen molar-refractivity contribution >= 4 is 16.7 Å². The van der Waals surface area contributed by atoms with Gasteiger partial charge in [-0.2, -0.15) is 4.37 Å². The molecule has 0 aliphatic heterocycles. The van der Waals surface area contributed by atoms with Crippen LogP contribution in [0.3, 0.4) is 0 Å². The van der Waals surface area contributed by atoms with Gasteiger partial charge in [-0.3, -0.25) is 0 Å². The lowest BCUT2D eigenvalue weighted by molar-refractivity contribution is 0.371. The summed E-state index contributed by atoms with van der Waals surface area (Å²) in [6.07, 6.45) is 7.57. The van der Waals surface area contributed by atoms with E-state index in [0.29, 0.717) is 18.0 Å². The Morgan fingerprint density at radius 2 is 1.76 bits per heavy atom. The average molecular weight is 252 g/mol. The molecular weight excluding hydrogens is 232 g/mol. The van der Waals surface area contributed by atoms with Crippen LogP contribution in [-0.4, -0.2) is 28.5 Å². The topological polar surface area (TPSA) is 49.8 Å². The summed E-state index contributed by atoms with van der Waals surface area (Å²) in [4.78, 5) is 4.59. The van der Waals surface area contributed by atoms with E-state index in [0.717, 1.165) is 11.0 Å². The Morgan fingerprint density at radius 3 is 2.41 bits per heavy atom. The van der Waals surface area contributed by atoms with E-state index in [1.165, 1.54) is 50.1 Å². The molecule has 0 aromatic carbocycles. The van der Waals surface area contributed by atoms with Gasteiger partial charge >= 0.3 is 0 Å². The SMILES string of the molecule is CNC1CCC(Nc2nc(C3CC3)ns2)CC1. The van der Waals surface area contributed by atoms with E-state index in [1.807, 2.05) is 0 Å². The van der Waals surface area contributed by atoms with Crippen LogP contribution in [0.1, 0.15) is 50.3 Å². The fraction of sp³-hybridized carbons (Fsp3) is 0.833. The number of hydrogen-bond acceptors (Lipinski definition) is 5. The van der Waals surface area contributed by atoms with E-state index in [-0.39, 0.29) is 0 Å². The molecule has 1 aromatic rings. The third kappa shape index (κ3) is 2.77. The van der Waals surface area contributed by atoms with Crippen molar-refractivity contribution in [2.45, 2.75) is 56.5 Å². The molecule has 2 aliphatic rings. The maximum Gasteiger partial charge on any atom is 0.202 e. The summed E-state index contributed by atoms with van der Waals surface area (Å²) in [5, 5.41) is 7.94. The molecule has 0 saturated heterocycles. The monoisotopic (exact) mass is 252 g/mol. The molecule has 3 rings (SSSR count). The molecule has 0 amide bonds. The molecule has 5 heteroatoms. The van der Waals surface area contributed by atoms with Gasteiger partial charge in [0, 0.05) is 29.5 Å². The van der Waals surface area contributed by atoms with Crippen LogP contribution in [0, 0.1) is 0 Å². The van der Waals surface area contributed by atoms with Crippen LogP contribution in [0.2, 0.25) is 0 Å². The number of rotatable bonds is 4. The van der Waals surface area contributed by atoms with Gasteiger partial charge in [0.25, 0.3) is 0 Å². The van der Waals surface area contributed by atoms with E-state index >= 15 is 0 Å². The quantitative estimate of drug-likeness (QED) is 0.863. The number of aromatic nitrogens is 2. The number of nitrogens with zero attached hydrogens (tertiary/aromatic N) is 2. The second-order valence-electron chi connectivity index (χ2n) is 5.21. The van der Waals surface area contributed by atoms with E-state index in [1.54, 1.807) is 0 Å². The first-order valence-corrected chi connectivity index (χ1v) is 7.40. The first-order chi connectivity index (χ1) is 8.35. The van der Waals surface area contributed by atoms with Crippen LogP contribution in [0.25, 0.3) is 0 Å². The van der Waals surface area contributed by atoms with E-state index in [9.17, 15) is 0 Å². The minimum atomic E-state index is 0.597. The third-order valence-electron chi connectivity index (χ3n) is 3.85. The maximum atomic E-state index is 4.59. The molecule has 0 radical (unpaired) electrons. The molecule has 2 N–H and O–H groups in total. The van der Waals surface area contributed by atoms with Gasteiger partial charge in [-0.25, -0.2) is 4.98 Å². The summed E-state index contributed by atoms with van der Waals surface area (Å²) in [6.45, 7) is 0. The fourth-order valence-corrected chi connectivity index (χ4v) is 3.23. The lowest BCUT2D eigenvalue weighted by Crippen LogP contribution is -2.34. The molecule has 2 saturated carbocycles. The Morgan fingerprint density at radius 1 is 1.06 bits per heavy atom. The lowest BCUT2D eigenvalue weighted by atomic mass is 9.91. The van der Waals surface area contributed by atoms with Crippen LogP contribution in [0.5, 0.6) is 0 Å². The highest BCUT2D eigenvalue weighted by atomic mass is 32.1. The minimum Gasteiger partial charge on any atom is -0.358 e. The normalized spacial score (nSPS) is 29.2. The smallest absolute Gasteiger partial charge is 0.202 e. The summed E-state index contributed by atoms with van der Waals surface area (Å²) >= 11 is 1.53. The Labute approximate surface area is 106 Å². The van der Waals surface area contributed by atoms with Gasteiger partial charge in [0.2, 0.25) is 5.13 Å². The van der Waals surface area contributed by atoms with Gasteiger partial charge in [0.1, 0.15) is 5.82 Å². The van der Waals surface area contributed by atoms with E-state index in [2.05, 4.69) is 27.0 Å². The summed E-state index contributed by atoms with van der Waals surface area (Å²) in [5.41, 5.74) is 0. The Balaban J connectivity index is 1.52. The Kier molecular flexibility index (Phi) is 3.29. The van der Waals surface area contributed by atoms with Crippen LogP contribution in [0.15, 0.2) is 0 Å². The lowest BCUT2D eigenvalue weighted by Gasteiger charge is -2.28. The number of hydrogen-bond donors (Lipinski definition) is 2. The maximum absolute atomic E-state index is 4.59. The largest absolute Gasteiger partial charge is 0.358 e. The van der Waals surface area contributed by atoms with E-state index in [4.69, 9.17) is 0 Å². The number of anilines is 1. The molecule has 4 nitrogen and oxygen atoms in total. The van der Waals surface area contributed by atoms with Crippen molar-refractivity contribution in [2.24, 2.45) is 0 Å². The molecule has 0 bridgehead atoms. The zero-order chi connectivity index (χ0) is 11.7. The summed E-state index contributed by atoms with van der Waals surface area (Å²) < 4.78 is 4.43. The zero-order valence-corrected chi connectivity index (χ0v) is 11.1. The van der Waals surface area contributed by atoms with Crippen molar-refractivity contribution in [1.29, 1.82) is 0 Å². The van der Waals surface area contributed by atoms with Gasteiger partial charge in [-0.15, -0.1) is 0 Å². The molecule has 1 aromatic heterocycles. The Bertz CT molecular complexity index is 366. The van der Waals surface area contributed by atoms with Gasteiger partial charge < -0.3 is 10.6 Å². The molecule has 2 aliphatic carbocycles. The first-order valence-electron chi connectivity index (χ1n) is 6.62. The van der Waals surface area contributed by atoms with Crippen molar-refractivity contribution in [1.82, 2.24) is 14.7 Å². The molecular formula is C12H20N4S. The van der Waals surface area contributed by atoms with Crippen molar-refractivity contribution in [3.8, 4) is 0 Å². The zero-order valence-electron chi connectivity index (χ0n) is 10.3. The highest BCUT2D eigenvalue weighted by molar-refractivity contribution is 7.09. The van der Waals surface area contributed by atoms with Crippen molar-refractivity contribution < 1.29 is 0 Å². The second kappa shape index (κ2) is 4.90. The van der Waals surface area contributed by atoms with Crippen LogP contribution >= 0.6 is 11.5 Å². The van der Waals surface area contributed by atoms with Crippen molar-refractivity contribution in [3.05, 3.63) is 5.82 Å². The molecule has 2 fully saturated rings. The standard InChI is InChI=1S/C12H20N4S/c1-13-9-4-6-10(7-5-9)14-12-15-11(16-17-12)8-2-3-8/h8-10,13H,2-7H2,1H3,(H,14,15,16). The van der Waals surface area contributed by atoms with E-state index < -0.39 is 0 Å². The molecule has 0 unspecified atom stereocenters. The molecule has 0 spiro atoms. The van der Waals surface area contributed by atoms with Gasteiger partial charge in [0.05, 0.1) is 0 Å². The fourth-order valence-electron chi connectivity index (χ4n) is 2.50. The third-order valence-corrected chi connectivity index (χ3v) is 4.51. The van der Waals surface area contributed by atoms with Crippen LogP contribution in [-0.2, 0) is 0 Å². The second-order valence-corrected chi connectivity index (χ2v) is 5.97. The average Bonchev–Trinajstić information content (AvgIpc) is 3.12. The first kappa shape index (κ1) is 11.4.